The fraction of sp³-hybridized carbons (Fsp3) is 0.462. The summed E-state index contributed by atoms with van der Waals surface area (Å²) in [6, 6.07) is 9.25. The van der Waals surface area contributed by atoms with E-state index in [-0.39, 0.29) is 35.8 Å². The minimum absolute atomic E-state index is 0.00584. The average Bonchev–Trinajstić information content (AvgIpc) is 3.31. The number of aliphatic carboxylic acids is 1. The first-order chi connectivity index (χ1) is 17.7. The van der Waals surface area contributed by atoms with E-state index in [1.165, 1.54) is 0 Å². The van der Waals surface area contributed by atoms with E-state index in [1.54, 1.807) is 27.3 Å². The zero-order chi connectivity index (χ0) is 26.6. The van der Waals surface area contributed by atoms with E-state index < -0.39 is 16.7 Å². The number of hydrogen-bond acceptors (Lipinski definition) is 8. The van der Waals surface area contributed by atoms with Crippen molar-refractivity contribution in [3.63, 3.8) is 0 Å². The Balaban J connectivity index is 1.60. The Labute approximate surface area is 218 Å². The van der Waals surface area contributed by atoms with E-state index in [1.807, 2.05) is 45.2 Å². The number of hydrogen-bond donors (Lipinski definition) is 3. The van der Waals surface area contributed by atoms with Gasteiger partial charge in [0.25, 0.3) is 0 Å². The van der Waals surface area contributed by atoms with E-state index in [4.69, 9.17) is 4.74 Å². The van der Waals surface area contributed by atoms with Crippen molar-refractivity contribution in [1.29, 1.82) is 0 Å². The largest absolute Gasteiger partial charge is 0.481 e. The molecule has 0 spiro atoms. The van der Waals surface area contributed by atoms with Crippen LogP contribution in [0.4, 0.5) is 0 Å². The molecule has 0 amide bonds. The summed E-state index contributed by atoms with van der Waals surface area (Å²) in [5, 5.41) is 17.9. The van der Waals surface area contributed by atoms with Crippen LogP contribution < -0.4 is 4.74 Å². The third-order valence-corrected chi connectivity index (χ3v) is 8.70. The highest BCUT2D eigenvalue weighted by Crippen LogP contribution is 2.57. The monoisotopic (exact) mass is 529 g/mol. The lowest BCUT2D eigenvalue weighted by Crippen LogP contribution is -2.34. The van der Waals surface area contributed by atoms with Gasteiger partial charge in [-0.1, -0.05) is 30.3 Å². The van der Waals surface area contributed by atoms with E-state index in [0.717, 1.165) is 28.9 Å². The molecule has 11 heteroatoms. The van der Waals surface area contributed by atoms with Crippen molar-refractivity contribution in [2.24, 2.45) is 0 Å². The van der Waals surface area contributed by atoms with Gasteiger partial charge in [0.05, 0.1) is 18.7 Å². The van der Waals surface area contributed by atoms with Crippen LogP contribution >= 0.6 is 10.8 Å². The number of carboxylic acids is 1. The summed E-state index contributed by atoms with van der Waals surface area (Å²) in [6.07, 6.45) is 5.13. The van der Waals surface area contributed by atoms with Gasteiger partial charge in [-0.15, -0.1) is 15.9 Å². The Morgan fingerprint density at radius 2 is 2.08 bits per heavy atom. The van der Waals surface area contributed by atoms with Gasteiger partial charge < -0.3 is 9.84 Å². The topological polar surface area (TPSA) is 134 Å². The quantitative estimate of drug-likeness (QED) is 0.335. The highest BCUT2D eigenvalue weighted by atomic mass is 32.3. The Kier molecular flexibility index (Phi) is 8.48. The van der Waals surface area contributed by atoms with Gasteiger partial charge in [-0.25, -0.2) is 4.98 Å². The van der Waals surface area contributed by atoms with E-state index in [0.29, 0.717) is 25.8 Å². The molecular formula is C26H35N5O5S. The Bertz CT molecular complexity index is 1230. The number of benzene rings is 1. The molecule has 0 aliphatic carbocycles. The average molecular weight is 530 g/mol. The molecule has 3 heterocycles. The molecule has 2 aromatic heterocycles. The molecule has 2 unspecified atom stereocenters. The summed E-state index contributed by atoms with van der Waals surface area (Å²) < 4.78 is 32.0. The number of carbonyl (C=O) groups is 1. The normalized spacial score (nSPS) is 18.9. The molecular weight excluding hydrogens is 494 g/mol. The first-order valence-electron chi connectivity index (χ1n) is 12.6. The third kappa shape index (κ3) is 6.30. The van der Waals surface area contributed by atoms with Crippen molar-refractivity contribution in [3.8, 4) is 5.88 Å². The first-order valence-corrected chi connectivity index (χ1v) is 14.1. The van der Waals surface area contributed by atoms with Crippen LogP contribution in [0.2, 0.25) is 0 Å². The van der Waals surface area contributed by atoms with Crippen LogP contribution in [0, 0.1) is 6.92 Å². The molecule has 3 N–H and O–H groups in total. The lowest BCUT2D eigenvalue weighted by molar-refractivity contribution is -0.137. The van der Waals surface area contributed by atoms with Crippen LogP contribution in [0.1, 0.15) is 61.4 Å². The summed E-state index contributed by atoms with van der Waals surface area (Å²) in [5.41, 5.74) is 3.64. The van der Waals surface area contributed by atoms with Crippen LogP contribution in [-0.4, -0.2) is 57.1 Å². The van der Waals surface area contributed by atoms with E-state index in [9.17, 15) is 19.0 Å². The van der Waals surface area contributed by atoms with Crippen molar-refractivity contribution in [2.75, 3.05) is 6.54 Å². The van der Waals surface area contributed by atoms with E-state index >= 15 is 0 Å². The molecule has 1 aliphatic heterocycles. The molecule has 0 saturated carbocycles. The smallest absolute Gasteiger partial charge is 0.303 e. The van der Waals surface area contributed by atoms with Gasteiger partial charge in [0.2, 0.25) is 5.88 Å². The maximum absolute atomic E-state index is 11.7. The molecule has 10 nitrogen and oxygen atoms in total. The molecule has 3 aromatic rings. The number of aryl methyl sites for hydroxylation is 3. The Morgan fingerprint density at radius 1 is 1.27 bits per heavy atom. The third-order valence-electron chi connectivity index (χ3n) is 6.80. The zero-order valence-electron chi connectivity index (χ0n) is 21.4. The van der Waals surface area contributed by atoms with Crippen LogP contribution in [-0.2, 0) is 24.3 Å². The molecule has 0 bridgehead atoms. The summed E-state index contributed by atoms with van der Waals surface area (Å²) in [5.74, 6) is -0.827. The van der Waals surface area contributed by atoms with Crippen LogP contribution in [0.15, 0.2) is 47.6 Å². The van der Waals surface area contributed by atoms with Gasteiger partial charge in [0.15, 0.2) is 0 Å². The summed E-state index contributed by atoms with van der Waals surface area (Å²) in [4.78, 5) is 16.2. The number of carboxylic acid groups (broad SMARTS) is 1. The van der Waals surface area contributed by atoms with Crippen LogP contribution in [0.25, 0.3) is 0 Å². The van der Waals surface area contributed by atoms with Crippen molar-refractivity contribution >= 4 is 16.7 Å². The molecule has 37 heavy (non-hydrogen) atoms. The fourth-order valence-corrected chi connectivity index (χ4v) is 6.11. The van der Waals surface area contributed by atoms with Gasteiger partial charge in [0, 0.05) is 25.5 Å². The van der Waals surface area contributed by atoms with Crippen LogP contribution in [0.5, 0.6) is 5.88 Å². The first kappa shape index (κ1) is 27.1. The van der Waals surface area contributed by atoms with Gasteiger partial charge in [-0.2, -0.15) is 4.31 Å². The van der Waals surface area contributed by atoms with Crippen molar-refractivity contribution in [1.82, 2.24) is 24.3 Å². The highest BCUT2D eigenvalue weighted by Gasteiger charge is 2.35. The minimum atomic E-state index is -3.34. The standard InChI is InChI=1S/C26H35N5O5S/c1-4-23-17-31(37(34,35)24-7-6-12-27-26(24)36-23)15-21-13-19(9-8-18(21)3)20(14-25(32)33)10-11-22-16-30(5-2)29-28-22/h6-9,12-13,16,20,23,34-35H,4-5,10-11,14-15,17H2,1-3H3,(H,32,33). The number of ether oxygens (including phenoxy) is 1. The number of nitrogens with zero attached hydrogens (tertiary/aromatic N) is 5. The molecule has 1 aromatic carbocycles. The second-order valence-corrected chi connectivity index (χ2v) is 11.4. The maximum atomic E-state index is 11.7. The molecule has 2 atom stereocenters. The lowest BCUT2D eigenvalue weighted by Gasteiger charge is -2.41. The number of rotatable bonds is 10. The van der Waals surface area contributed by atoms with Crippen molar-refractivity contribution < 1.29 is 23.7 Å². The van der Waals surface area contributed by atoms with Crippen LogP contribution in [0.3, 0.4) is 0 Å². The molecule has 4 rings (SSSR count). The number of fused-ring (bicyclic) bond motifs is 1. The van der Waals surface area contributed by atoms with Crippen molar-refractivity contribution in [2.45, 2.75) is 76.5 Å². The Hall–Kier alpha value is -2.99. The number of aromatic nitrogens is 4. The minimum Gasteiger partial charge on any atom is -0.481 e. The molecule has 0 saturated heterocycles. The van der Waals surface area contributed by atoms with E-state index in [2.05, 4.69) is 15.3 Å². The maximum Gasteiger partial charge on any atom is 0.303 e. The molecule has 1 aliphatic rings. The lowest BCUT2D eigenvalue weighted by atomic mass is 9.88. The molecule has 0 fully saturated rings. The molecule has 200 valence electrons. The predicted octanol–water partition coefficient (Wildman–Crippen LogP) is 4.89. The predicted molar refractivity (Wildman–Crippen MR) is 141 cm³/mol. The second kappa shape index (κ2) is 11.6. The summed E-state index contributed by atoms with van der Waals surface area (Å²) >= 11 is 0. The number of pyridine rings is 1. The summed E-state index contributed by atoms with van der Waals surface area (Å²) in [6.45, 7) is 7.28. The second-order valence-electron chi connectivity index (χ2n) is 9.38. The van der Waals surface area contributed by atoms with Crippen molar-refractivity contribution in [3.05, 3.63) is 65.1 Å². The van der Waals surface area contributed by atoms with Gasteiger partial charge in [0.1, 0.15) is 11.0 Å². The zero-order valence-corrected chi connectivity index (χ0v) is 22.3. The molecule has 0 radical (unpaired) electrons. The van der Waals surface area contributed by atoms with Gasteiger partial charge in [-0.05, 0) is 67.9 Å². The highest BCUT2D eigenvalue weighted by molar-refractivity contribution is 8.22. The fourth-order valence-electron chi connectivity index (χ4n) is 4.54. The van der Waals surface area contributed by atoms with Gasteiger partial charge >= 0.3 is 5.97 Å². The van der Waals surface area contributed by atoms with Gasteiger partial charge in [-0.3, -0.25) is 18.6 Å². The summed E-state index contributed by atoms with van der Waals surface area (Å²) in [7, 11) is -3.34. The Morgan fingerprint density at radius 3 is 2.78 bits per heavy atom. The SMILES string of the molecule is CCC1CN(Cc2cc(C(CCc3cn(CC)nn3)CC(=O)O)ccc2C)S(O)(O)c2cccnc2O1.